The van der Waals surface area contributed by atoms with Gasteiger partial charge in [-0.3, -0.25) is 0 Å². The van der Waals surface area contributed by atoms with Crippen molar-refractivity contribution in [3.63, 3.8) is 0 Å². The predicted octanol–water partition coefficient (Wildman–Crippen LogP) is 4.27. The Bertz CT molecular complexity index is 1500. The molecule has 158 valence electrons. The van der Waals surface area contributed by atoms with Gasteiger partial charge in [-0.05, 0) is 25.1 Å². The Morgan fingerprint density at radius 3 is 2.25 bits per heavy atom. The second-order valence-corrected chi connectivity index (χ2v) is 10.5. The fourth-order valence-electron chi connectivity index (χ4n) is 3.52. The van der Waals surface area contributed by atoms with Crippen molar-refractivity contribution in [3.05, 3.63) is 102 Å². The summed E-state index contributed by atoms with van der Waals surface area (Å²) in [6, 6.07) is 22.9. The molecule has 0 bridgehead atoms. The molecule has 0 N–H and O–H groups in total. The molecule has 32 heavy (non-hydrogen) atoms. The van der Waals surface area contributed by atoms with Gasteiger partial charge in [-0.1, -0.05) is 66.2 Å². The van der Waals surface area contributed by atoms with Gasteiger partial charge in [0.15, 0.2) is 10.1 Å². The van der Waals surface area contributed by atoms with Gasteiger partial charge in [0.1, 0.15) is 22.8 Å². The van der Waals surface area contributed by atoms with Gasteiger partial charge in [-0.2, -0.15) is 0 Å². The Morgan fingerprint density at radius 2 is 1.50 bits per heavy atom. The van der Waals surface area contributed by atoms with Crippen LogP contribution < -0.4 is 0 Å². The van der Waals surface area contributed by atoms with Crippen molar-refractivity contribution in [2.45, 2.75) is 26.8 Å². The maximum atomic E-state index is 13.5. The molecule has 3 aromatic carbocycles. The van der Waals surface area contributed by atoms with Crippen LogP contribution in [0.2, 0.25) is 0 Å². The maximum absolute atomic E-state index is 13.5. The summed E-state index contributed by atoms with van der Waals surface area (Å²) in [5.74, 6) is 0. The number of aromatic nitrogens is 2. The highest BCUT2D eigenvalue weighted by Crippen LogP contribution is 2.38. The topological polar surface area (TPSA) is 89.3 Å². The molecule has 0 amide bonds. The molecule has 4 aromatic rings. The van der Waals surface area contributed by atoms with Crippen molar-refractivity contribution in [3.8, 4) is 0 Å². The fourth-order valence-corrected chi connectivity index (χ4v) is 6.14. The minimum Gasteiger partial charge on any atom is -0.247 e. The number of hydrogen-bond acceptors (Lipinski definition) is 6. The van der Waals surface area contributed by atoms with Crippen LogP contribution in [0, 0.1) is 6.92 Å². The van der Waals surface area contributed by atoms with Crippen molar-refractivity contribution in [2.75, 3.05) is 0 Å². The monoisotopic (exact) mass is 459 g/mol. The molecule has 1 aliphatic heterocycles. The largest absolute Gasteiger partial charge is 0.247 e. The number of aliphatic imine (C=N–C) groups is 1. The number of sulfone groups is 1. The van der Waals surface area contributed by atoms with Crippen LogP contribution in [-0.4, -0.2) is 28.3 Å². The van der Waals surface area contributed by atoms with Gasteiger partial charge >= 0.3 is 0 Å². The zero-order valence-corrected chi connectivity index (χ0v) is 18.6. The van der Waals surface area contributed by atoms with Crippen LogP contribution in [0.4, 0.5) is 5.69 Å². The molecule has 0 aliphatic carbocycles. The quantitative estimate of drug-likeness (QED) is 0.376. The molecule has 0 fully saturated rings. The molecule has 1 aliphatic rings. The summed E-state index contributed by atoms with van der Waals surface area (Å²) in [7, 11) is -5.75. The molecule has 1 aromatic heterocycles. The van der Waals surface area contributed by atoms with E-state index in [2.05, 4.69) is 9.97 Å². The zero-order valence-electron chi connectivity index (χ0n) is 17.0. The second-order valence-electron chi connectivity index (χ2n) is 7.24. The van der Waals surface area contributed by atoms with Crippen molar-refractivity contribution in [2.24, 2.45) is 4.99 Å². The number of nitrogens with zero attached hydrogens (tertiary/aromatic N) is 3. The predicted molar refractivity (Wildman–Crippen MR) is 122 cm³/mol. The first-order valence-electron chi connectivity index (χ1n) is 9.79. The number of benzene rings is 3. The normalized spacial score (nSPS) is 15.3. The molecular formula is C24H17N3O3S2. The van der Waals surface area contributed by atoms with Crippen molar-refractivity contribution in [1.29, 1.82) is 0 Å². The van der Waals surface area contributed by atoms with Gasteiger partial charge in [-0.25, -0.2) is 27.6 Å². The highest BCUT2D eigenvalue weighted by atomic mass is 32.2. The van der Waals surface area contributed by atoms with Gasteiger partial charge in [0, 0.05) is 11.1 Å². The van der Waals surface area contributed by atoms with E-state index in [0.717, 1.165) is 17.5 Å². The van der Waals surface area contributed by atoms with E-state index in [1.165, 1.54) is 12.1 Å². The van der Waals surface area contributed by atoms with Crippen LogP contribution in [0.15, 0.2) is 110 Å². The van der Waals surface area contributed by atoms with E-state index in [1.807, 2.05) is 43.3 Å². The van der Waals surface area contributed by atoms with Crippen LogP contribution in [-0.2, 0) is 20.6 Å². The van der Waals surface area contributed by atoms with E-state index in [4.69, 9.17) is 4.99 Å². The van der Waals surface area contributed by atoms with E-state index in [9.17, 15) is 12.6 Å². The molecule has 0 saturated carbocycles. The Kier molecular flexibility index (Phi) is 5.03. The van der Waals surface area contributed by atoms with E-state index in [0.29, 0.717) is 16.2 Å². The van der Waals surface area contributed by atoms with Crippen LogP contribution >= 0.6 is 0 Å². The lowest BCUT2D eigenvalue weighted by molar-refractivity contribution is 0.591. The maximum Gasteiger partial charge on any atom is 0.226 e. The second kappa shape index (κ2) is 7.89. The first-order valence-corrected chi connectivity index (χ1v) is 12.4. The molecule has 1 atom stereocenters. The van der Waals surface area contributed by atoms with Crippen LogP contribution in [0.1, 0.15) is 16.7 Å². The Balaban J connectivity index is 1.84. The smallest absolute Gasteiger partial charge is 0.226 e. The molecule has 8 heteroatoms. The molecule has 6 nitrogen and oxygen atoms in total. The summed E-state index contributed by atoms with van der Waals surface area (Å²) in [6.07, 6.45) is 1.13. The number of rotatable bonds is 3. The number of fused-ring (bicyclic) bond motifs is 2. The SMILES string of the molecule is Cc1ccc(C2=Nc3c(ncnc3S(=O)(=O)c3ccccc3)S(=O)c3ccccc32)cc1. The third-order valence-electron chi connectivity index (χ3n) is 5.13. The van der Waals surface area contributed by atoms with Gasteiger partial charge in [0.25, 0.3) is 0 Å². The summed E-state index contributed by atoms with van der Waals surface area (Å²) in [6.45, 7) is 1.98. The van der Waals surface area contributed by atoms with Crippen molar-refractivity contribution >= 4 is 32.0 Å². The van der Waals surface area contributed by atoms with Crippen LogP contribution in [0.5, 0.6) is 0 Å². The third-order valence-corrected chi connectivity index (χ3v) is 8.24. The Hall–Kier alpha value is -3.49. The van der Waals surface area contributed by atoms with E-state index < -0.39 is 20.6 Å². The summed E-state index contributed by atoms with van der Waals surface area (Å²) in [5.41, 5.74) is 3.04. The summed E-state index contributed by atoms with van der Waals surface area (Å²) in [5, 5.41) is -0.191. The standard InChI is InChI=1S/C24H17N3O3S2/c1-16-11-13-17(14-12-16)21-19-9-5-6-10-20(19)31(28)23-22(27-21)24(26-15-25-23)32(29,30)18-7-3-2-4-8-18/h2-15H,1H3. The molecule has 5 rings (SSSR count). The molecule has 0 radical (unpaired) electrons. The average Bonchev–Trinajstić information content (AvgIpc) is 2.95. The van der Waals surface area contributed by atoms with Crippen molar-refractivity contribution in [1.82, 2.24) is 9.97 Å². The minimum absolute atomic E-state index is 0.00135. The molecule has 0 spiro atoms. The minimum atomic E-state index is -4.01. The summed E-state index contributed by atoms with van der Waals surface area (Å²) >= 11 is 0. The highest BCUT2D eigenvalue weighted by Gasteiger charge is 2.31. The Labute approximate surface area is 188 Å². The lowest BCUT2D eigenvalue weighted by Crippen LogP contribution is -2.08. The van der Waals surface area contributed by atoms with Gasteiger partial charge < -0.3 is 0 Å². The summed E-state index contributed by atoms with van der Waals surface area (Å²) in [4.78, 5) is 13.6. The lowest BCUT2D eigenvalue weighted by atomic mass is 10.0. The molecule has 0 saturated heterocycles. The third kappa shape index (κ3) is 3.37. The number of aryl methyl sites for hydroxylation is 1. The van der Waals surface area contributed by atoms with Gasteiger partial charge in [-0.15, -0.1) is 0 Å². The van der Waals surface area contributed by atoms with Gasteiger partial charge in [0.05, 0.1) is 15.5 Å². The highest BCUT2D eigenvalue weighted by molar-refractivity contribution is 7.91. The number of hydrogen-bond donors (Lipinski definition) is 0. The zero-order chi connectivity index (χ0) is 22.3. The summed E-state index contributed by atoms with van der Waals surface area (Å²) < 4.78 is 40.4. The van der Waals surface area contributed by atoms with Crippen molar-refractivity contribution < 1.29 is 12.6 Å². The first kappa shape index (κ1) is 20.4. The van der Waals surface area contributed by atoms with E-state index >= 15 is 0 Å². The van der Waals surface area contributed by atoms with Crippen LogP contribution in [0.25, 0.3) is 0 Å². The van der Waals surface area contributed by atoms with E-state index in [-0.39, 0.29) is 20.6 Å². The molecule has 1 unspecified atom stereocenters. The molecule has 2 heterocycles. The lowest BCUT2D eigenvalue weighted by Gasteiger charge is -2.10. The average molecular weight is 460 g/mol. The van der Waals surface area contributed by atoms with Gasteiger partial charge in [0.2, 0.25) is 9.84 Å². The van der Waals surface area contributed by atoms with Crippen LogP contribution in [0.3, 0.4) is 0 Å². The Morgan fingerprint density at radius 1 is 0.812 bits per heavy atom. The molecular weight excluding hydrogens is 442 g/mol. The first-order chi connectivity index (χ1) is 15.5. The van der Waals surface area contributed by atoms with E-state index in [1.54, 1.807) is 30.3 Å². The fraction of sp³-hybridized carbons (Fsp3) is 0.0417.